The van der Waals surface area contributed by atoms with E-state index in [-0.39, 0.29) is 12.1 Å². The minimum Gasteiger partial charge on any atom is -0.334 e. The Labute approximate surface area is 136 Å². The number of urea groups is 1. The van der Waals surface area contributed by atoms with Crippen LogP contribution in [0.25, 0.3) is 0 Å². The molecule has 2 amide bonds. The first-order valence-corrected chi connectivity index (χ1v) is 7.31. The maximum absolute atomic E-state index is 13.5. The van der Waals surface area contributed by atoms with E-state index in [9.17, 15) is 13.6 Å². The van der Waals surface area contributed by atoms with Gasteiger partial charge in [-0.25, -0.2) is 23.5 Å². The summed E-state index contributed by atoms with van der Waals surface area (Å²) in [5.74, 6) is -0.726. The van der Waals surface area contributed by atoms with Gasteiger partial charge in [0.05, 0.1) is 18.1 Å². The lowest BCUT2D eigenvalue weighted by atomic mass is 10.1. The Bertz CT molecular complexity index is 789. The topological polar surface area (TPSA) is 90.7 Å². The van der Waals surface area contributed by atoms with Crippen LogP contribution >= 0.6 is 0 Å². The first-order valence-electron chi connectivity index (χ1n) is 7.31. The van der Waals surface area contributed by atoms with Crippen LogP contribution in [-0.4, -0.2) is 16.0 Å². The number of hydrogen-bond acceptors (Lipinski definition) is 4. The normalized spacial score (nSPS) is 13.2. The minimum absolute atomic E-state index is 0.0909. The molecule has 122 valence electrons. The van der Waals surface area contributed by atoms with Crippen molar-refractivity contribution < 1.29 is 13.6 Å². The summed E-state index contributed by atoms with van der Waals surface area (Å²) in [6.45, 7) is -0.0909. The van der Waals surface area contributed by atoms with E-state index in [4.69, 9.17) is 5.26 Å². The Morgan fingerprint density at radius 2 is 1.88 bits per heavy atom. The summed E-state index contributed by atoms with van der Waals surface area (Å²) < 4.78 is 27.0. The first-order chi connectivity index (χ1) is 11.6. The van der Waals surface area contributed by atoms with E-state index in [0.29, 0.717) is 11.6 Å². The molecular formula is C16H13F2N5O. The molecule has 1 aliphatic carbocycles. The van der Waals surface area contributed by atoms with E-state index in [1.165, 1.54) is 18.5 Å². The van der Waals surface area contributed by atoms with Crippen molar-refractivity contribution in [2.75, 3.05) is 5.32 Å². The highest BCUT2D eigenvalue weighted by Crippen LogP contribution is 2.37. The fourth-order valence-corrected chi connectivity index (χ4v) is 2.15. The van der Waals surface area contributed by atoms with Gasteiger partial charge in [0.2, 0.25) is 0 Å². The lowest BCUT2D eigenvalue weighted by Gasteiger charge is -2.08. The van der Waals surface area contributed by atoms with Crippen molar-refractivity contribution >= 4 is 11.7 Å². The van der Waals surface area contributed by atoms with Gasteiger partial charge >= 0.3 is 6.03 Å². The fraction of sp³-hybridized carbons (Fsp3) is 0.250. The second-order valence-corrected chi connectivity index (χ2v) is 5.46. The molecule has 1 heterocycles. The van der Waals surface area contributed by atoms with Crippen molar-refractivity contribution in [3.63, 3.8) is 0 Å². The summed E-state index contributed by atoms with van der Waals surface area (Å²) in [6.07, 6.45) is 5.21. The summed E-state index contributed by atoms with van der Waals surface area (Å²) in [4.78, 5) is 20.1. The molecule has 0 radical (unpaired) electrons. The summed E-state index contributed by atoms with van der Waals surface area (Å²) in [5.41, 5.74) is -0.00956. The maximum Gasteiger partial charge on any atom is 0.319 e. The summed E-state index contributed by atoms with van der Waals surface area (Å²) in [5, 5.41) is 13.6. The van der Waals surface area contributed by atoms with Gasteiger partial charge in [-0.1, -0.05) is 0 Å². The molecule has 1 aromatic carbocycles. The van der Waals surface area contributed by atoms with Gasteiger partial charge in [-0.3, -0.25) is 0 Å². The van der Waals surface area contributed by atoms with Crippen LogP contribution in [0.5, 0.6) is 0 Å². The Hall–Kier alpha value is -3.08. The molecule has 0 atom stereocenters. The Balaban J connectivity index is 1.56. The molecule has 0 aliphatic heterocycles. The van der Waals surface area contributed by atoms with Crippen LogP contribution in [0.4, 0.5) is 19.3 Å². The number of benzene rings is 1. The van der Waals surface area contributed by atoms with E-state index >= 15 is 0 Å². The van der Waals surface area contributed by atoms with Crippen LogP contribution in [0.3, 0.4) is 0 Å². The quantitative estimate of drug-likeness (QED) is 0.902. The number of nitrogens with zero attached hydrogens (tertiary/aromatic N) is 3. The third-order valence-electron chi connectivity index (χ3n) is 3.54. The average Bonchev–Trinajstić information content (AvgIpc) is 3.38. The molecule has 6 nitrogen and oxygen atoms in total. The average molecular weight is 329 g/mol. The number of amides is 2. The summed E-state index contributed by atoms with van der Waals surface area (Å²) in [7, 11) is 0. The van der Waals surface area contributed by atoms with Crippen molar-refractivity contribution in [2.24, 2.45) is 0 Å². The molecule has 24 heavy (non-hydrogen) atoms. The van der Waals surface area contributed by atoms with Crippen LogP contribution < -0.4 is 10.6 Å². The van der Waals surface area contributed by atoms with Gasteiger partial charge in [0, 0.05) is 12.5 Å². The van der Waals surface area contributed by atoms with Gasteiger partial charge in [0.15, 0.2) is 0 Å². The number of halogens is 2. The number of hydrogen-bond donors (Lipinski definition) is 2. The molecule has 0 bridgehead atoms. The maximum atomic E-state index is 13.5. The van der Waals surface area contributed by atoms with Gasteiger partial charge in [0.1, 0.15) is 29.1 Å². The largest absolute Gasteiger partial charge is 0.334 e. The minimum atomic E-state index is -0.959. The first kappa shape index (κ1) is 15.8. The summed E-state index contributed by atoms with van der Waals surface area (Å²) >= 11 is 0. The SMILES string of the molecule is N#Cc1c(F)cc(CNC(=O)Nc2cnc(C3CC3)nc2)cc1F. The standard InChI is InChI=1S/C16H13F2N5O/c17-13-3-9(4-14(18)12(13)5-19)6-22-16(24)23-11-7-20-15(21-8-11)10-1-2-10/h3-4,7-8,10H,1-2,6H2,(H2,22,23,24). The second-order valence-electron chi connectivity index (χ2n) is 5.46. The zero-order valence-corrected chi connectivity index (χ0v) is 12.5. The third kappa shape index (κ3) is 3.63. The van der Waals surface area contributed by atoms with E-state index in [0.717, 1.165) is 30.8 Å². The van der Waals surface area contributed by atoms with Crippen LogP contribution in [0.2, 0.25) is 0 Å². The smallest absolute Gasteiger partial charge is 0.319 e. The second kappa shape index (κ2) is 6.58. The number of aromatic nitrogens is 2. The van der Waals surface area contributed by atoms with Crippen molar-refractivity contribution in [3.05, 3.63) is 53.1 Å². The lowest BCUT2D eigenvalue weighted by molar-refractivity contribution is 0.251. The van der Waals surface area contributed by atoms with Crippen LogP contribution in [0, 0.1) is 23.0 Å². The molecule has 1 saturated carbocycles. The highest BCUT2D eigenvalue weighted by molar-refractivity contribution is 5.88. The fourth-order valence-electron chi connectivity index (χ4n) is 2.15. The molecule has 8 heteroatoms. The number of carbonyl (C=O) groups is 1. The van der Waals surface area contributed by atoms with Gasteiger partial charge < -0.3 is 10.6 Å². The molecule has 2 N–H and O–H groups in total. The monoisotopic (exact) mass is 329 g/mol. The number of anilines is 1. The van der Waals surface area contributed by atoms with Gasteiger partial charge in [-0.2, -0.15) is 5.26 Å². The third-order valence-corrected chi connectivity index (χ3v) is 3.54. The highest BCUT2D eigenvalue weighted by atomic mass is 19.1. The predicted molar refractivity (Wildman–Crippen MR) is 80.9 cm³/mol. The molecule has 1 fully saturated rings. The van der Waals surface area contributed by atoms with E-state index in [2.05, 4.69) is 20.6 Å². The summed E-state index contributed by atoms with van der Waals surface area (Å²) in [6, 6.07) is 2.91. The zero-order chi connectivity index (χ0) is 17.1. The molecule has 1 aromatic heterocycles. The van der Waals surface area contributed by atoms with Crippen LogP contribution in [0.1, 0.15) is 35.7 Å². The molecule has 3 rings (SSSR count). The molecular weight excluding hydrogens is 316 g/mol. The van der Waals surface area contributed by atoms with Gasteiger partial charge in [-0.15, -0.1) is 0 Å². The van der Waals surface area contributed by atoms with Crippen molar-refractivity contribution in [3.8, 4) is 6.07 Å². The Kier molecular flexibility index (Phi) is 4.33. The number of carbonyl (C=O) groups excluding carboxylic acids is 1. The van der Waals surface area contributed by atoms with Crippen molar-refractivity contribution in [2.45, 2.75) is 25.3 Å². The van der Waals surface area contributed by atoms with E-state index in [1.807, 2.05) is 0 Å². The number of rotatable bonds is 4. The van der Waals surface area contributed by atoms with E-state index < -0.39 is 23.2 Å². The molecule has 0 saturated heterocycles. The zero-order valence-electron chi connectivity index (χ0n) is 12.5. The molecule has 0 unspecified atom stereocenters. The Morgan fingerprint density at radius 3 is 2.42 bits per heavy atom. The molecule has 2 aromatic rings. The van der Waals surface area contributed by atoms with Crippen molar-refractivity contribution in [1.82, 2.24) is 15.3 Å². The number of nitriles is 1. The highest BCUT2D eigenvalue weighted by Gasteiger charge is 2.26. The number of nitrogens with one attached hydrogen (secondary N) is 2. The van der Waals surface area contributed by atoms with Crippen LogP contribution in [0.15, 0.2) is 24.5 Å². The van der Waals surface area contributed by atoms with Gasteiger partial charge in [-0.05, 0) is 30.5 Å². The predicted octanol–water partition coefficient (Wildman–Crippen LogP) is 2.83. The van der Waals surface area contributed by atoms with E-state index in [1.54, 1.807) is 0 Å². The van der Waals surface area contributed by atoms with Crippen LogP contribution in [-0.2, 0) is 6.54 Å². The molecule has 1 aliphatic rings. The molecule has 0 spiro atoms. The Morgan fingerprint density at radius 1 is 1.25 bits per heavy atom. The van der Waals surface area contributed by atoms with Crippen molar-refractivity contribution in [1.29, 1.82) is 5.26 Å². The lowest BCUT2D eigenvalue weighted by Crippen LogP contribution is -2.28. The van der Waals surface area contributed by atoms with Gasteiger partial charge in [0.25, 0.3) is 0 Å².